The SMILES string of the molecule is Cc1cc(NC(O)C2CC(F)CN2C(=O)Cn2nc(C(N)=O)c3cc(-c4ccnnc4)ccc32)n2nc(C(F)(F)F)nc2n1. The van der Waals surface area contributed by atoms with Gasteiger partial charge < -0.3 is 21.1 Å². The third kappa shape index (κ3) is 5.34. The van der Waals surface area contributed by atoms with Gasteiger partial charge >= 0.3 is 6.18 Å². The lowest BCUT2D eigenvalue weighted by atomic mass is 10.0. The Kier molecular flexibility index (Phi) is 7.07. The van der Waals surface area contributed by atoms with Gasteiger partial charge in [-0.3, -0.25) is 14.3 Å². The van der Waals surface area contributed by atoms with Gasteiger partial charge in [-0.25, -0.2) is 9.37 Å². The van der Waals surface area contributed by atoms with E-state index in [0.29, 0.717) is 16.5 Å². The zero-order valence-electron chi connectivity index (χ0n) is 22.8. The van der Waals surface area contributed by atoms with Gasteiger partial charge in [-0.05, 0) is 30.7 Å². The van der Waals surface area contributed by atoms with E-state index in [4.69, 9.17) is 5.73 Å². The van der Waals surface area contributed by atoms with E-state index in [1.165, 1.54) is 30.1 Å². The zero-order valence-corrected chi connectivity index (χ0v) is 22.8. The van der Waals surface area contributed by atoms with Crippen LogP contribution in [-0.2, 0) is 17.5 Å². The zero-order chi connectivity index (χ0) is 31.3. The first-order valence-electron chi connectivity index (χ1n) is 13.2. The van der Waals surface area contributed by atoms with E-state index in [2.05, 4.69) is 35.7 Å². The first kappa shape index (κ1) is 28.8. The van der Waals surface area contributed by atoms with Gasteiger partial charge in [-0.2, -0.15) is 38.0 Å². The molecule has 3 unspecified atom stereocenters. The smallest absolute Gasteiger partial charge is 0.372 e. The fraction of sp³-hybridized carbons (Fsp3) is 0.308. The molecule has 4 aromatic heterocycles. The van der Waals surface area contributed by atoms with Crippen LogP contribution >= 0.6 is 0 Å². The monoisotopic (exact) mass is 613 g/mol. The van der Waals surface area contributed by atoms with Crippen molar-refractivity contribution in [2.24, 2.45) is 5.73 Å². The van der Waals surface area contributed by atoms with Gasteiger partial charge in [0.15, 0.2) is 5.69 Å². The molecule has 1 fully saturated rings. The van der Waals surface area contributed by atoms with Gasteiger partial charge in [0.05, 0.1) is 30.5 Å². The molecule has 0 spiro atoms. The first-order valence-corrected chi connectivity index (χ1v) is 13.2. The average molecular weight is 614 g/mol. The number of benzene rings is 1. The number of alkyl halides is 4. The van der Waals surface area contributed by atoms with Gasteiger partial charge in [0.25, 0.3) is 17.5 Å². The maximum atomic E-state index is 14.7. The highest BCUT2D eigenvalue weighted by molar-refractivity contribution is 6.05. The Morgan fingerprint density at radius 1 is 1.14 bits per heavy atom. The number of aryl methyl sites for hydroxylation is 1. The van der Waals surface area contributed by atoms with Crippen LogP contribution in [0.25, 0.3) is 27.8 Å². The van der Waals surface area contributed by atoms with Gasteiger partial charge in [0.1, 0.15) is 24.8 Å². The number of anilines is 1. The summed E-state index contributed by atoms with van der Waals surface area (Å²) in [6.45, 7) is 0.732. The number of hydrogen-bond donors (Lipinski definition) is 3. The van der Waals surface area contributed by atoms with Crippen LogP contribution in [0.4, 0.5) is 23.4 Å². The summed E-state index contributed by atoms with van der Waals surface area (Å²) in [6.07, 6.45) is -5.15. The first-order chi connectivity index (χ1) is 20.9. The van der Waals surface area contributed by atoms with Crippen LogP contribution in [0.5, 0.6) is 0 Å². The molecule has 44 heavy (non-hydrogen) atoms. The Labute approximate surface area is 244 Å². The number of primary amides is 1. The minimum absolute atomic E-state index is 0.0807. The second kappa shape index (κ2) is 10.8. The molecule has 6 rings (SSSR count). The summed E-state index contributed by atoms with van der Waals surface area (Å²) in [5.74, 6) is -3.35. The Hall–Kier alpha value is -5.26. The number of carbonyl (C=O) groups excluding carboxylic acids is 2. The molecular formula is C26H23F4N11O3. The van der Waals surface area contributed by atoms with Crippen molar-refractivity contribution < 1.29 is 32.3 Å². The predicted octanol–water partition coefficient (Wildman–Crippen LogP) is 1.73. The van der Waals surface area contributed by atoms with E-state index in [1.807, 2.05) is 0 Å². The van der Waals surface area contributed by atoms with Crippen LogP contribution in [0, 0.1) is 6.92 Å². The Balaban J connectivity index is 1.26. The molecule has 18 heteroatoms. The van der Waals surface area contributed by atoms with Crippen LogP contribution in [0.3, 0.4) is 0 Å². The van der Waals surface area contributed by atoms with E-state index in [9.17, 15) is 32.3 Å². The van der Waals surface area contributed by atoms with Crippen molar-refractivity contribution in [3.05, 3.63) is 59.9 Å². The molecule has 5 aromatic rings. The summed E-state index contributed by atoms with van der Waals surface area (Å²) in [6, 6.07) is 7.01. The third-order valence-electron chi connectivity index (χ3n) is 7.15. The fourth-order valence-electron chi connectivity index (χ4n) is 5.20. The van der Waals surface area contributed by atoms with Crippen molar-refractivity contribution in [3.63, 3.8) is 0 Å². The summed E-state index contributed by atoms with van der Waals surface area (Å²) in [5.41, 5.74) is 7.58. The van der Waals surface area contributed by atoms with Crippen molar-refractivity contribution >= 4 is 34.3 Å². The van der Waals surface area contributed by atoms with Crippen LogP contribution in [0.1, 0.15) is 28.4 Å². The number of hydrogen-bond acceptors (Lipinski definition) is 10. The predicted molar refractivity (Wildman–Crippen MR) is 144 cm³/mol. The van der Waals surface area contributed by atoms with Crippen LogP contribution in [0.15, 0.2) is 42.7 Å². The summed E-state index contributed by atoms with van der Waals surface area (Å²) in [7, 11) is 0. The van der Waals surface area contributed by atoms with E-state index in [1.54, 1.807) is 24.3 Å². The molecule has 3 atom stereocenters. The Morgan fingerprint density at radius 2 is 1.93 bits per heavy atom. The number of amides is 2. The average Bonchev–Trinajstić information content (AvgIpc) is 3.68. The molecule has 0 radical (unpaired) electrons. The van der Waals surface area contributed by atoms with Crippen molar-refractivity contribution in [1.82, 2.24) is 44.5 Å². The minimum Gasteiger partial charge on any atom is -0.372 e. The number of halogens is 4. The summed E-state index contributed by atoms with van der Waals surface area (Å²) >= 11 is 0. The fourth-order valence-corrected chi connectivity index (χ4v) is 5.20. The molecule has 0 saturated carbocycles. The molecule has 1 aliphatic rings. The number of fused-ring (bicyclic) bond motifs is 2. The molecule has 1 saturated heterocycles. The highest BCUT2D eigenvalue weighted by atomic mass is 19.4. The molecule has 14 nitrogen and oxygen atoms in total. The lowest BCUT2D eigenvalue weighted by molar-refractivity contribution is -0.144. The third-order valence-corrected chi connectivity index (χ3v) is 7.15. The lowest BCUT2D eigenvalue weighted by Crippen LogP contribution is -2.47. The summed E-state index contributed by atoms with van der Waals surface area (Å²) in [5, 5.41) is 29.3. The quantitative estimate of drug-likeness (QED) is 0.181. The summed E-state index contributed by atoms with van der Waals surface area (Å²) in [4.78, 5) is 34.1. The van der Waals surface area contributed by atoms with E-state index in [-0.39, 0.29) is 35.9 Å². The number of aromatic nitrogens is 8. The maximum Gasteiger partial charge on any atom is 0.453 e. The lowest BCUT2D eigenvalue weighted by Gasteiger charge is -2.29. The van der Waals surface area contributed by atoms with Crippen molar-refractivity contribution in [2.45, 2.75) is 44.5 Å². The second-order valence-corrected chi connectivity index (χ2v) is 10.2. The van der Waals surface area contributed by atoms with Gasteiger partial charge in [-0.1, -0.05) is 6.07 Å². The van der Waals surface area contributed by atoms with Crippen molar-refractivity contribution in [3.8, 4) is 11.1 Å². The highest BCUT2D eigenvalue weighted by Crippen LogP contribution is 2.30. The van der Waals surface area contributed by atoms with Crippen molar-refractivity contribution in [1.29, 1.82) is 0 Å². The number of aliphatic hydroxyl groups excluding tert-OH is 1. The largest absolute Gasteiger partial charge is 0.453 e. The topological polar surface area (TPSA) is 182 Å². The van der Waals surface area contributed by atoms with Crippen LogP contribution < -0.4 is 11.1 Å². The number of nitrogens with one attached hydrogen (secondary N) is 1. The van der Waals surface area contributed by atoms with E-state index in [0.717, 1.165) is 15.0 Å². The number of nitrogens with zero attached hydrogens (tertiary/aromatic N) is 9. The van der Waals surface area contributed by atoms with E-state index < -0.39 is 48.8 Å². The molecule has 1 aliphatic heterocycles. The Bertz CT molecular complexity index is 1890. The molecule has 5 heterocycles. The van der Waals surface area contributed by atoms with Gasteiger partial charge in [0.2, 0.25) is 5.91 Å². The number of nitrogens with two attached hydrogens (primary N) is 1. The van der Waals surface area contributed by atoms with E-state index >= 15 is 0 Å². The number of likely N-dealkylation sites (tertiary alicyclic amines) is 1. The molecule has 4 N–H and O–H groups in total. The Morgan fingerprint density at radius 3 is 2.64 bits per heavy atom. The molecule has 0 aliphatic carbocycles. The van der Waals surface area contributed by atoms with Crippen molar-refractivity contribution in [2.75, 3.05) is 11.9 Å². The molecule has 1 aromatic carbocycles. The minimum atomic E-state index is -4.84. The maximum absolute atomic E-state index is 14.7. The number of aliphatic hydroxyl groups is 1. The number of rotatable bonds is 7. The second-order valence-electron chi connectivity index (χ2n) is 10.2. The molecule has 228 valence electrons. The van der Waals surface area contributed by atoms with Gasteiger partial charge in [0, 0.05) is 29.1 Å². The summed E-state index contributed by atoms with van der Waals surface area (Å²) < 4.78 is 56.3. The normalized spacial score (nSPS) is 17.8. The molecule has 2 amide bonds. The molecular weight excluding hydrogens is 590 g/mol. The molecule has 0 bridgehead atoms. The highest BCUT2D eigenvalue weighted by Gasteiger charge is 2.41. The van der Waals surface area contributed by atoms with Crippen LogP contribution in [0.2, 0.25) is 0 Å². The van der Waals surface area contributed by atoms with Gasteiger partial charge in [-0.15, -0.1) is 5.10 Å². The van der Waals surface area contributed by atoms with Crippen LogP contribution in [-0.4, -0.2) is 86.4 Å². The standard InChI is InChI=1S/C26H23F4N11O3/c1-12-6-19(41-25(34-12)36-24(38-41)26(28,29)30)35-23(44)18-8-15(27)10-39(18)20(42)11-40-17-3-2-13(14-4-5-32-33-9-14)7-16(17)21(37-40)22(31)43/h2-7,9,15,18,23,35,44H,8,10-11H2,1H3,(H2,31,43). The number of carbonyl (C=O) groups is 2.